The van der Waals surface area contributed by atoms with E-state index in [9.17, 15) is 14.4 Å². The van der Waals surface area contributed by atoms with E-state index < -0.39 is 6.10 Å². The van der Waals surface area contributed by atoms with Gasteiger partial charge in [-0.15, -0.1) is 0 Å². The first kappa shape index (κ1) is 59.1. The molecule has 0 aromatic rings. The van der Waals surface area contributed by atoms with Crippen LogP contribution in [0.15, 0.2) is 12.2 Å². The SMILES string of the molecule is CCCC/C=C\CCCCCCCC(=O)OCC(COC(=O)CCCCCCCCCCCCCCCCCCCCC)OC(=O)CCCCCCCCCCCCCCC. The minimum absolute atomic E-state index is 0.0670. The van der Waals surface area contributed by atoms with Crippen LogP contribution in [0.1, 0.15) is 303 Å². The number of allylic oxidation sites excluding steroid dienone is 2. The van der Waals surface area contributed by atoms with E-state index in [1.165, 1.54) is 199 Å². The Balaban J connectivity index is 4.25. The number of ether oxygens (including phenoxy) is 3. The molecule has 6 nitrogen and oxygen atoms in total. The van der Waals surface area contributed by atoms with Crippen LogP contribution in [-0.4, -0.2) is 37.2 Å². The predicted octanol–water partition coefficient (Wildman–Crippen LogP) is 17.8. The van der Waals surface area contributed by atoms with E-state index >= 15 is 0 Å². The Morgan fingerprint density at radius 2 is 0.557 bits per heavy atom. The highest BCUT2D eigenvalue weighted by atomic mass is 16.6. The van der Waals surface area contributed by atoms with Gasteiger partial charge in [0.1, 0.15) is 13.2 Å². The quantitative estimate of drug-likeness (QED) is 0.0262. The summed E-state index contributed by atoms with van der Waals surface area (Å²) in [6, 6.07) is 0. The van der Waals surface area contributed by atoms with Crippen LogP contribution in [0.5, 0.6) is 0 Å². The van der Waals surface area contributed by atoms with E-state index in [-0.39, 0.29) is 31.1 Å². The van der Waals surface area contributed by atoms with Crippen LogP contribution in [0.4, 0.5) is 0 Å². The van der Waals surface area contributed by atoms with E-state index in [0.717, 1.165) is 64.2 Å². The van der Waals surface area contributed by atoms with E-state index in [4.69, 9.17) is 14.2 Å². The second kappa shape index (κ2) is 50.8. The Hall–Kier alpha value is -1.85. The molecule has 1 unspecified atom stereocenters. The van der Waals surface area contributed by atoms with E-state index in [1.807, 2.05) is 0 Å². The van der Waals surface area contributed by atoms with Gasteiger partial charge in [-0.05, 0) is 38.5 Å². The molecule has 0 fully saturated rings. The summed E-state index contributed by atoms with van der Waals surface area (Å²) in [7, 11) is 0. The second-order valence-corrected chi connectivity index (χ2v) is 18.5. The van der Waals surface area contributed by atoms with Gasteiger partial charge in [-0.1, -0.05) is 258 Å². The average molecular weight is 861 g/mol. The molecule has 0 aliphatic carbocycles. The third-order valence-corrected chi connectivity index (χ3v) is 12.3. The number of carbonyl (C=O) groups excluding carboxylic acids is 3. The molecule has 0 amide bonds. The summed E-state index contributed by atoms with van der Waals surface area (Å²) in [5, 5.41) is 0. The number of hydrogen-bond donors (Lipinski definition) is 0. The molecule has 0 saturated heterocycles. The summed E-state index contributed by atoms with van der Waals surface area (Å²) < 4.78 is 16.8. The fourth-order valence-electron chi connectivity index (χ4n) is 8.13. The number of carbonyl (C=O) groups is 3. The van der Waals surface area contributed by atoms with Gasteiger partial charge in [-0.3, -0.25) is 14.4 Å². The zero-order chi connectivity index (χ0) is 44.4. The van der Waals surface area contributed by atoms with Gasteiger partial charge in [-0.25, -0.2) is 0 Å². The van der Waals surface area contributed by atoms with Gasteiger partial charge in [0.25, 0.3) is 0 Å². The third-order valence-electron chi connectivity index (χ3n) is 12.3. The van der Waals surface area contributed by atoms with Gasteiger partial charge in [0.05, 0.1) is 0 Å². The van der Waals surface area contributed by atoms with Crippen LogP contribution in [-0.2, 0) is 28.6 Å². The van der Waals surface area contributed by atoms with Gasteiger partial charge in [-0.2, -0.15) is 0 Å². The maximum atomic E-state index is 12.8. The van der Waals surface area contributed by atoms with Crippen LogP contribution in [0.3, 0.4) is 0 Å². The Kier molecular flexibility index (Phi) is 49.3. The first-order valence-electron chi connectivity index (χ1n) is 27.2. The van der Waals surface area contributed by atoms with Gasteiger partial charge < -0.3 is 14.2 Å². The van der Waals surface area contributed by atoms with Crippen molar-refractivity contribution in [2.75, 3.05) is 13.2 Å². The Morgan fingerprint density at radius 1 is 0.311 bits per heavy atom. The van der Waals surface area contributed by atoms with Crippen molar-refractivity contribution in [1.29, 1.82) is 0 Å². The number of unbranched alkanes of at least 4 members (excludes halogenated alkanes) is 37. The summed E-state index contributed by atoms with van der Waals surface area (Å²) in [5.41, 5.74) is 0. The molecule has 0 spiro atoms. The number of rotatable bonds is 50. The van der Waals surface area contributed by atoms with Gasteiger partial charge in [0.2, 0.25) is 0 Å². The van der Waals surface area contributed by atoms with Crippen molar-refractivity contribution in [1.82, 2.24) is 0 Å². The van der Waals surface area contributed by atoms with Crippen molar-refractivity contribution in [3.05, 3.63) is 12.2 Å². The molecular weight excluding hydrogens is 757 g/mol. The fraction of sp³-hybridized carbons (Fsp3) is 0.909. The maximum absolute atomic E-state index is 12.8. The summed E-state index contributed by atoms with van der Waals surface area (Å²) in [6.45, 7) is 6.64. The molecule has 360 valence electrons. The summed E-state index contributed by atoms with van der Waals surface area (Å²) in [4.78, 5) is 38.0. The molecule has 0 bridgehead atoms. The number of esters is 3. The maximum Gasteiger partial charge on any atom is 0.306 e. The van der Waals surface area contributed by atoms with Crippen molar-refractivity contribution in [3.63, 3.8) is 0 Å². The summed E-state index contributed by atoms with van der Waals surface area (Å²) in [6.07, 6.45) is 56.3. The van der Waals surface area contributed by atoms with Crippen molar-refractivity contribution < 1.29 is 28.6 Å². The highest BCUT2D eigenvalue weighted by molar-refractivity contribution is 5.71. The second-order valence-electron chi connectivity index (χ2n) is 18.5. The third kappa shape index (κ3) is 49.0. The normalized spacial score (nSPS) is 12.0. The molecule has 0 aliphatic rings. The predicted molar refractivity (Wildman–Crippen MR) is 261 cm³/mol. The molecular formula is C55H104O6. The molecule has 0 aromatic heterocycles. The van der Waals surface area contributed by atoms with Crippen LogP contribution in [0.2, 0.25) is 0 Å². The van der Waals surface area contributed by atoms with Crippen molar-refractivity contribution in [2.45, 2.75) is 309 Å². The lowest BCUT2D eigenvalue weighted by Crippen LogP contribution is -2.30. The molecule has 0 N–H and O–H groups in total. The first-order chi connectivity index (χ1) is 30.0. The molecule has 0 saturated carbocycles. The molecule has 0 heterocycles. The van der Waals surface area contributed by atoms with E-state index in [2.05, 4.69) is 32.9 Å². The lowest BCUT2D eigenvalue weighted by atomic mass is 10.0. The monoisotopic (exact) mass is 861 g/mol. The van der Waals surface area contributed by atoms with Gasteiger partial charge in [0, 0.05) is 19.3 Å². The van der Waals surface area contributed by atoms with E-state index in [0.29, 0.717) is 19.3 Å². The minimum atomic E-state index is -0.766. The first-order valence-corrected chi connectivity index (χ1v) is 27.2. The average Bonchev–Trinajstić information content (AvgIpc) is 3.26. The zero-order valence-corrected chi connectivity index (χ0v) is 41.2. The van der Waals surface area contributed by atoms with Crippen LogP contribution < -0.4 is 0 Å². The standard InChI is InChI=1S/C55H104O6/c1-4-7-10-13-16-19-22-24-25-26-27-28-29-31-33-36-39-42-45-48-54(57)60-51-52(50-59-53(56)47-44-41-38-35-32-21-18-15-12-9-6-3)61-55(58)49-46-43-40-37-34-30-23-20-17-14-11-8-5-2/h15,18,52H,4-14,16-17,19-51H2,1-3H3/b18-15-. The molecule has 6 heteroatoms. The molecule has 0 aromatic carbocycles. The zero-order valence-electron chi connectivity index (χ0n) is 41.2. The summed E-state index contributed by atoms with van der Waals surface area (Å²) >= 11 is 0. The van der Waals surface area contributed by atoms with Crippen molar-refractivity contribution in [3.8, 4) is 0 Å². The van der Waals surface area contributed by atoms with E-state index in [1.54, 1.807) is 0 Å². The van der Waals surface area contributed by atoms with Crippen LogP contribution in [0.25, 0.3) is 0 Å². The Labute approximate surface area is 380 Å². The minimum Gasteiger partial charge on any atom is -0.462 e. The molecule has 0 aliphatic heterocycles. The van der Waals surface area contributed by atoms with Crippen molar-refractivity contribution in [2.24, 2.45) is 0 Å². The number of hydrogen-bond acceptors (Lipinski definition) is 6. The molecule has 0 rings (SSSR count). The lowest BCUT2D eigenvalue weighted by molar-refractivity contribution is -0.167. The van der Waals surface area contributed by atoms with Crippen LogP contribution in [0, 0.1) is 0 Å². The van der Waals surface area contributed by atoms with Crippen molar-refractivity contribution >= 4 is 17.9 Å². The smallest absolute Gasteiger partial charge is 0.306 e. The van der Waals surface area contributed by atoms with Gasteiger partial charge in [0.15, 0.2) is 6.10 Å². The fourth-order valence-corrected chi connectivity index (χ4v) is 8.13. The Morgan fingerprint density at radius 3 is 0.869 bits per heavy atom. The van der Waals surface area contributed by atoms with Gasteiger partial charge >= 0.3 is 17.9 Å². The highest BCUT2D eigenvalue weighted by Crippen LogP contribution is 2.17. The lowest BCUT2D eigenvalue weighted by Gasteiger charge is -2.18. The molecule has 0 radical (unpaired) electrons. The topological polar surface area (TPSA) is 78.9 Å². The summed E-state index contributed by atoms with van der Waals surface area (Å²) in [5.74, 6) is -0.858. The molecule has 61 heavy (non-hydrogen) atoms. The molecule has 1 atom stereocenters. The largest absolute Gasteiger partial charge is 0.462 e. The Bertz CT molecular complexity index is 947. The van der Waals surface area contributed by atoms with Crippen LogP contribution >= 0.6 is 0 Å². The highest BCUT2D eigenvalue weighted by Gasteiger charge is 2.19.